The lowest BCUT2D eigenvalue weighted by atomic mass is 9.89. The molecule has 2 N–H and O–H groups in total. The van der Waals surface area contributed by atoms with Gasteiger partial charge in [0.2, 0.25) is 0 Å². The van der Waals surface area contributed by atoms with Gasteiger partial charge < -0.3 is 15.3 Å². The molecule has 1 fully saturated rings. The normalized spacial score (nSPS) is 22.1. The molecule has 0 aromatic carbocycles. The fourth-order valence-corrected chi connectivity index (χ4v) is 2.28. The number of aliphatic hydroxyl groups is 1. The molecule has 0 saturated carbocycles. The minimum absolute atomic E-state index is 0.0544. The summed E-state index contributed by atoms with van der Waals surface area (Å²) in [7, 11) is 0. The van der Waals surface area contributed by atoms with E-state index in [4.69, 9.17) is 0 Å². The number of rotatable bonds is 7. The first-order valence-corrected chi connectivity index (χ1v) is 7.24. The molecule has 3 heteroatoms. The van der Waals surface area contributed by atoms with E-state index in [9.17, 15) is 5.11 Å². The number of aliphatic hydroxyl groups excluding tert-OH is 1. The quantitative estimate of drug-likeness (QED) is 0.669. The van der Waals surface area contributed by atoms with Crippen molar-refractivity contribution >= 4 is 0 Å². The topological polar surface area (TPSA) is 35.5 Å². The van der Waals surface area contributed by atoms with Crippen molar-refractivity contribution in [2.24, 2.45) is 5.41 Å². The van der Waals surface area contributed by atoms with Gasteiger partial charge >= 0.3 is 0 Å². The Balaban J connectivity index is 2.10. The first kappa shape index (κ1) is 14.9. The molecular weight excluding hydrogens is 212 g/mol. The van der Waals surface area contributed by atoms with E-state index in [1.54, 1.807) is 0 Å². The van der Waals surface area contributed by atoms with Gasteiger partial charge in [-0.25, -0.2) is 0 Å². The molecule has 1 saturated heterocycles. The maximum absolute atomic E-state index is 9.32. The van der Waals surface area contributed by atoms with Crippen molar-refractivity contribution in [2.75, 3.05) is 39.3 Å². The minimum atomic E-state index is 0.0544. The van der Waals surface area contributed by atoms with E-state index < -0.39 is 0 Å². The van der Waals surface area contributed by atoms with Crippen LogP contribution in [0.1, 0.15) is 46.0 Å². The second-order valence-electron chi connectivity index (χ2n) is 5.75. The summed E-state index contributed by atoms with van der Waals surface area (Å²) in [6.07, 6.45) is 6.57. The van der Waals surface area contributed by atoms with Crippen LogP contribution in [0.5, 0.6) is 0 Å². The summed E-state index contributed by atoms with van der Waals surface area (Å²) in [5.41, 5.74) is 0.0544. The van der Waals surface area contributed by atoms with Crippen molar-refractivity contribution in [3.63, 3.8) is 0 Å². The van der Waals surface area contributed by atoms with E-state index >= 15 is 0 Å². The fourth-order valence-electron chi connectivity index (χ4n) is 2.28. The van der Waals surface area contributed by atoms with Gasteiger partial charge in [-0.1, -0.05) is 26.7 Å². The number of nitrogens with zero attached hydrogens (tertiary/aromatic N) is 1. The van der Waals surface area contributed by atoms with Crippen LogP contribution < -0.4 is 5.32 Å². The van der Waals surface area contributed by atoms with Crippen LogP contribution in [-0.4, -0.2) is 49.3 Å². The van der Waals surface area contributed by atoms with Gasteiger partial charge in [-0.2, -0.15) is 0 Å². The molecule has 0 bridgehead atoms. The predicted molar refractivity (Wildman–Crippen MR) is 73.3 cm³/mol. The lowest BCUT2D eigenvalue weighted by molar-refractivity contribution is 0.134. The highest BCUT2D eigenvalue weighted by Gasteiger charge is 2.20. The van der Waals surface area contributed by atoms with Crippen LogP contribution in [0.2, 0.25) is 0 Å². The molecule has 0 aliphatic carbocycles. The minimum Gasteiger partial charge on any atom is -0.396 e. The third-order valence-corrected chi connectivity index (χ3v) is 4.09. The van der Waals surface area contributed by atoms with Gasteiger partial charge in [0.1, 0.15) is 0 Å². The Morgan fingerprint density at radius 1 is 1.18 bits per heavy atom. The smallest absolute Gasteiger partial charge is 0.0496 e. The van der Waals surface area contributed by atoms with Gasteiger partial charge in [-0.3, -0.25) is 0 Å². The molecule has 102 valence electrons. The first-order chi connectivity index (χ1) is 8.20. The molecule has 1 aliphatic heterocycles. The summed E-state index contributed by atoms with van der Waals surface area (Å²) >= 11 is 0. The molecule has 17 heavy (non-hydrogen) atoms. The van der Waals surface area contributed by atoms with E-state index in [0.717, 1.165) is 26.1 Å². The van der Waals surface area contributed by atoms with Gasteiger partial charge in [0.15, 0.2) is 0 Å². The molecule has 3 nitrogen and oxygen atoms in total. The molecule has 0 radical (unpaired) electrons. The van der Waals surface area contributed by atoms with Crippen LogP contribution >= 0.6 is 0 Å². The molecule has 0 aromatic heterocycles. The predicted octanol–water partition coefficient (Wildman–Crippen LogP) is 1.86. The Morgan fingerprint density at radius 2 is 1.82 bits per heavy atom. The van der Waals surface area contributed by atoms with Crippen molar-refractivity contribution in [3.8, 4) is 0 Å². The first-order valence-electron chi connectivity index (χ1n) is 7.24. The summed E-state index contributed by atoms with van der Waals surface area (Å²) in [6, 6.07) is 0. The molecule has 0 spiro atoms. The number of likely N-dealkylation sites (tertiary alicyclic amines) is 1. The van der Waals surface area contributed by atoms with Crippen LogP contribution in [0.4, 0.5) is 0 Å². The van der Waals surface area contributed by atoms with Crippen molar-refractivity contribution in [1.82, 2.24) is 10.2 Å². The molecule has 1 atom stereocenters. The summed E-state index contributed by atoms with van der Waals surface area (Å²) in [5, 5.41) is 12.8. The van der Waals surface area contributed by atoms with Crippen LogP contribution in [0.25, 0.3) is 0 Å². The van der Waals surface area contributed by atoms with Crippen LogP contribution in [0.15, 0.2) is 0 Å². The Morgan fingerprint density at radius 3 is 2.35 bits per heavy atom. The standard InChI is InChI=1S/C14H30N2O/c1-3-14(2,13-17)12-15-8-11-16-9-6-4-5-7-10-16/h15,17H,3-13H2,1-2H3. The third-order valence-electron chi connectivity index (χ3n) is 4.09. The summed E-state index contributed by atoms with van der Waals surface area (Å²) < 4.78 is 0. The van der Waals surface area contributed by atoms with E-state index in [0.29, 0.717) is 0 Å². The lowest BCUT2D eigenvalue weighted by Gasteiger charge is -2.27. The maximum atomic E-state index is 9.32. The van der Waals surface area contributed by atoms with E-state index in [-0.39, 0.29) is 12.0 Å². The highest BCUT2D eigenvalue weighted by Crippen LogP contribution is 2.18. The van der Waals surface area contributed by atoms with E-state index in [2.05, 4.69) is 24.1 Å². The second-order valence-corrected chi connectivity index (χ2v) is 5.75. The van der Waals surface area contributed by atoms with Gasteiger partial charge in [0, 0.05) is 31.7 Å². The Labute approximate surface area is 107 Å². The van der Waals surface area contributed by atoms with Crippen LogP contribution in [0.3, 0.4) is 0 Å². The largest absolute Gasteiger partial charge is 0.396 e. The van der Waals surface area contributed by atoms with Gasteiger partial charge in [-0.05, 0) is 32.4 Å². The summed E-state index contributed by atoms with van der Waals surface area (Å²) in [4.78, 5) is 2.57. The zero-order valence-corrected chi connectivity index (χ0v) is 11.7. The van der Waals surface area contributed by atoms with Crippen molar-refractivity contribution in [3.05, 3.63) is 0 Å². The highest BCUT2D eigenvalue weighted by atomic mass is 16.3. The maximum Gasteiger partial charge on any atom is 0.0496 e. The van der Waals surface area contributed by atoms with Crippen molar-refractivity contribution in [1.29, 1.82) is 0 Å². The molecule has 0 amide bonds. The highest BCUT2D eigenvalue weighted by molar-refractivity contribution is 4.74. The fraction of sp³-hybridized carbons (Fsp3) is 1.00. The van der Waals surface area contributed by atoms with Gasteiger partial charge in [-0.15, -0.1) is 0 Å². The summed E-state index contributed by atoms with van der Waals surface area (Å²) in [6.45, 7) is 10.2. The van der Waals surface area contributed by atoms with Gasteiger partial charge in [0.05, 0.1) is 0 Å². The van der Waals surface area contributed by atoms with E-state index in [1.165, 1.54) is 38.8 Å². The third kappa shape index (κ3) is 5.84. The SMILES string of the molecule is CCC(C)(CO)CNCCN1CCCCCC1. The molecule has 1 aliphatic rings. The van der Waals surface area contributed by atoms with Crippen molar-refractivity contribution < 1.29 is 5.11 Å². The monoisotopic (exact) mass is 242 g/mol. The van der Waals surface area contributed by atoms with Gasteiger partial charge in [0.25, 0.3) is 0 Å². The average Bonchev–Trinajstić information content (AvgIpc) is 2.63. The van der Waals surface area contributed by atoms with Crippen LogP contribution in [-0.2, 0) is 0 Å². The molecular formula is C14H30N2O. The average molecular weight is 242 g/mol. The second kappa shape index (κ2) is 8.06. The Bertz CT molecular complexity index is 185. The zero-order chi connectivity index (χ0) is 12.6. The molecule has 1 heterocycles. The number of hydrogen-bond donors (Lipinski definition) is 2. The Hall–Kier alpha value is -0.120. The molecule has 1 unspecified atom stereocenters. The zero-order valence-electron chi connectivity index (χ0n) is 11.7. The molecule has 0 aromatic rings. The Kier molecular flexibility index (Phi) is 7.09. The van der Waals surface area contributed by atoms with E-state index in [1.807, 2.05) is 0 Å². The lowest BCUT2D eigenvalue weighted by Crippen LogP contribution is -2.39. The molecule has 1 rings (SSSR count). The van der Waals surface area contributed by atoms with Crippen molar-refractivity contribution in [2.45, 2.75) is 46.0 Å². The van der Waals surface area contributed by atoms with Crippen LogP contribution in [0, 0.1) is 5.41 Å². The summed E-state index contributed by atoms with van der Waals surface area (Å²) in [5.74, 6) is 0. The number of hydrogen-bond acceptors (Lipinski definition) is 3. The number of nitrogens with one attached hydrogen (secondary N) is 1.